The van der Waals surface area contributed by atoms with Crippen molar-refractivity contribution >= 4 is 5.82 Å². The molecular weight excluding hydrogens is 154 g/mol. The van der Waals surface area contributed by atoms with E-state index in [2.05, 4.69) is 10.3 Å². The van der Waals surface area contributed by atoms with Crippen LogP contribution in [-0.2, 0) is 0 Å². The summed E-state index contributed by atoms with van der Waals surface area (Å²) in [4.78, 5) is 3.86. The van der Waals surface area contributed by atoms with Gasteiger partial charge in [0.15, 0.2) is 0 Å². The zero-order chi connectivity index (χ0) is 8.97. The highest BCUT2D eigenvalue weighted by molar-refractivity contribution is 5.29. The summed E-state index contributed by atoms with van der Waals surface area (Å²) in [6.45, 7) is 2.64. The molecule has 66 valence electrons. The number of nitrogens with two attached hydrogens (primary N) is 1. The van der Waals surface area contributed by atoms with Crippen LogP contribution in [0.2, 0.25) is 0 Å². The maximum Gasteiger partial charge on any atom is 0.132 e. The molecule has 1 aromatic heterocycles. The molecule has 0 aromatic carbocycles. The van der Waals surface area contributed by atoms with E-state index in [1.807, 2.05) is 6.92 Å². The molecule has 0 aliphatic carbocycles. The number of hydrogen-bond donors (Lipinski definition) is 3. The van der Waals surface area contributed by atoms with Crippen LogP contribution in [-0.4, -0.2) is 16.6 Å². The molecule has 1 atom stereocenters. The largest absolute Gasteiger partial charge is 0.384 e. The predicted octanol–water partition coefficient (Wildman–Crippen LogP) is 0.264. The van der Waals surface area contributed by atoms with Crippen LogP contribution in [0.15, 0.2) is 18.3 Å². The summed E-state index contributed by atoms with van der Waals surface area (Å²) in [7, 11) is 0. The molecule has 12 heavy (non-hydrogen) atoms. The molecule has 4 nitrogen and oxygen atoms in total. The van der Waals surface area contributed by atoms with Crippen LogP contribution in [0.4, 0.5) is 5.82 Å². The first kappa shape index (κ1) is 8.96. The Labute approximate surface area is 71.4 Å². The molecule has 1 rings (SSSR count). The first-order valence-electron chi connectivity index (χ1n) is 3.87. The van der Waals surface area contributed by atoms with Crippen LogP contribution in [0.1, 0.15) is 18.7 Å². The van der Waals surface area contributed by atoms with Crippen molar-refractivity contribution in [2.75, 3.05) is 12.3 Å². The number of aliphatic hydroxyl groups is 1. The summed E-state index contributed by atoms with van der Waals surface area (Å²) < 4.78 is 0. The topological polar surface area (TPSA) is 71.2 Å². The Hall–Kier alpha value is -1.13. The highest BCUT2D eigenvalue weighted by atomic mass is 16.3. The lowest BCUT2D eigenvalue weighted by Crippen LogP contribution is -2.20. The molecule has 0 fully saturated rings. The Morgan fingerprint density at radius 1 is 1.67 bits per heavy atom. The van der Waals surface area contributed by atoms with Crippen LogP contribution >= 0.6 is 0 Å². The van der Waals surface area contributed by atoms with Crippen LogP contribution in [0.5, 0.6) is 0 Å². The molecule has 0 saturated heterocycles. The average Bonchev–Trinajstić information content (AvgIpc) is 2.06. The van der Waals surface area contributed by atoms with Crippen molar-refractivity contribution in [3.8, 4) is 0 Å². The summed E-state index contributed by atoms with van der Waals surface area (Å²) in [5.41, 5.74) is 6.12. The molecular formula is C8H13N3O. The lowest BCUT2D eigenvalue weighted by Gasteiger charge is -2.10. The Bertz CT molecular complexity index is 235. The van der Waals surface area contributed by atoms with Crippen molar-refractivity contribution in [3.63, 3.8) is 0 Å². The fourth-order valence-electron chi connectivity index (χ4n) is 0.890. The number of rotatable bonds is 3. The second-order valence-corrected chi connectivity index (χ2v) is 2.48. The van der Waals surface area contributed by atoms with Gasteiger partial charge < -0.3 is 10.8 Å². The van der Waals surface area contributed by atoms with E-state index in [1.165, 1.54) is 0 Å². The van der Waals surface area contributed by atoms with E-state index in [-0.39, 0.29) is 0 Å². The molecule has 4 N–H and O–H groups in total. The summed E-state index contributed by atoms with van der Waals surface area (Å²) >= 11 is 0. The molecule has 0 aliphatic heterocycles. The molecule has 0 bridgehead atoms. The molecule has 0 aliphatic rings. The fourth-order valence-corrected chi connectivity index (χ4v) is 0.890. The monoisotopic (exact) mass is 167 g/mol. The minimum absolute atomic E-state index is 0.461. The normalized spacial score (nSPS) is 12.8. The summed E-state index contributed by atoms with van der Waals surface area (Å²) in [5, 5.41) is 12.3. The lowest BCUT2D eigenvalue weighted by molar-refractivity contribution is 0.141. The van der Waals surface area contributed by atoms with Gasteiger partial charge in [0, 0.05) is 11.8 Å². The van der Waals surface area contributed by atoms with Crippen molar-refractivity contribution < 1.29 is 5.11 Å². The Balaban J connectivity index is 2.68. The van der Waals surface area contributed by atoms with Gasteiger partial charge in [-0.25, -0.2) is 4.98 Å². The zero-order valence-electron chi connectivity index (χ0n) is 6.99. The fraction of sp³-hybridized carbons (Fsp3) is 0.375. The number of aromatic nitrogens is 1. The quantitative estimate of drug-likeness (QED) is 0.565. The van der Waals surface area contributed by atoms with Gasteiger partial charge in [-0.1, -0.05) is 6.92 Å². The summed E-state index contributed by atoms with van der Waals surface area (Å²) in [5.74, 6) is 0.461. The minimum atomic E-state index is -0.650. The van der Waals surface area contributed by atoms with Gasteiger partial charge >= 0.3 is 0 Å². The molecule has 0 saturated carbocycles. The van der Waals surface area contributed by atoms with Gasteiger partial charge in [0.1, 0.15) is 12.0 Å². The standard InChI is InChI=1S/C8H13N3O/c1-2-10-8(12)6-3-4-7(9)11-5-6/h3-5,8,10,12H,2H2,1H3,(H2,9,11). The lowest BCUT2D eigenvalue weighted by atomic mass is 10.2. The van der Waals surface area contributed by atoms with Crippen LogP contribution in [0.25, 0.3) is 0 Å². The van der Waals surface area contributed by atoms with Gasteiger partial charge in [0.05, 0.1) is 0 Å². The van der Waals surface area contributed by atoms with Crippen LogP contribution in [0, 0.1) is 0 Å². The number of hydrogen-bond acceptors (Lipinski definition) is 4. The number of anilines is 1. The SMILES string of the molecule is CCNC(O)c1ccc(N)nc1. The zero-order valence-corrected chi connectivity index (χ0v) is 6.99. The predicted molar refractivity (Wildman–Crippen MR) is 47.3 cm³/mol. The van der Waals surface area contributed by atoms with Gasteiger partial charge in [-0.15, -0.1) is 0 Å². The Morgan fingerprint density at radius 3 is 2.92 bits per heavy atom. The number of nitrogen functional groups attached to an aromatic ring is 1. The van der Waals surface area contributed by atoms with E-state index in [9.17, 15) is 5.11 Å². The van der Waals surface area contributed by atoms with Gasteiger partial charge in [-0.05, 0) is 18.7 Å². The van der Waals surface area contributed by atoms with E-state index >= 15 is 0 Å². The van der Waals surface area contributed by atoms with Gasteiger partial charge in [-0.2, -0.15) is 0 Å². The average molecular weight is 167 g/mol. The molecule has 0 spiro atoms. The molecule has 4 heteroatoms. The van der Waals surface area contributed by atoms with E-state index in [0.717, 1.165) is 5.56 Å². The number of nitrogens with one attached hydrogen (secondary N) is 1. The molecule has 0 radical (unpaired) electrons. The van der Waals surface area contributed by atoms with Gasteiger partial charge in [0.25, 0.3) is 0 Å². The maximum atomic E-state index is 9.42. The Kier molecular flexibility index (Phi) is 3.01. The highest BCUT2D eigenvalue weighted by Crippen LogP contribution is 2.08. The number of aliphatic hydroxyl groups excluding tert-OH is 1. The smallest absolute Gasteiger partial charge is 0.132 e. The van der Waals surface area contributed by atoms with E-state index in [0.29, 0.717) is 12.4 Å². The van der Waals surface area contributed by atoms with Gasteiger partial charge in [0.2, 0.25) is 0 Å². The summed E-state index contributed by atoms with van der Waals surface area (Å²) in [6, 6.07) is 3.41. The third-order valence-corrected chi connectivity index (χ3v) is 1.52. The maximum absolute atomic E-state index is 9.42. The minimum Gasteiger partial charge on any atom is -0.384 e. The first-order valence-corrected chi connectivity index (χ1v) is 3.87. The molecule has 1 aromatic rings. The van der Waals surface area contributed by atoms with E-state index < -0.39 is 6.23 Å². The molecule has 1 unspecified atom stereocenters. The van der Waals surface area contributed by atoms with Crippen molar-refractivity contribution in [1.82, 2.24) is 10.3 Å². The van der Waals surface area contributed by atoms with Crippen molar-refractivity contribution in [3.05, 3.63) is 23.9 Å². The van der Waals surface area contributed by atoms with Crippen LogP contribution in [0.3, 0.4) is 0 Å². The van der Waals surface area contributed by atoms with E-state index in [4.69, 9.17) is 5.73 Å². The number of nitrogens with zero attached hydrogens (tertiary/aromatic N) is 1. The second-order valence-electron chi connectivity index (χ2n) is 2.48. The third-order valence-electron chi connectivity index (χ3n) is 1.52. The van der Waals surface area contributed by atoms with Crippen molar-refractivity contribution in [1.29, 1.82) is 0 Å². The number of pyridine rings is 1. The highest BCUT2D eigenvalue weighted by Gasteiger charge is 2.04. The molecule has 1 heterocycles. The Morgan fingerprint density at radius 2 is 2.42 bits per heavy atom. The second kappa shape index (κ2) is 4.04. The summed E-state index contributed by atoms with van der Waals surface area (Å²) in [6.07, 6.45) is 0.908. The van der Waals surface area contributed by atoms with Gasteiger partial charge in [-0.3, -0.25) is 5.32 Å². The third kappa shape index (κ3) is 2.18. The molecule has 0 amide bonds. The first-order chi connectivity index (χ1) is 5.74. The van der Waals surface area contributed by atoms with E-state index in [1.54, 1.807) is 18.3 Å². The van der Waals surface area contributed by atoms with Crippen LogP contribution < -0.4 is 11.1 Å². The van der Waals surface area contributed by atoms with Crippen molar-refractivity contribution in [2.24, 2.45) is 0 Å². The van der Waals surface area contributed by atoms with Crippen molar-refractivity contribution in [2.45, 2.75) is 13.2 Å².